The third-order valence-corrected chi connectivity index (χ3v) is 5.47. The van der Waals surface area contributed by atoms with Crippen LogP contribution in [0, 0.1) is 5.82 Å². The predicted molar refractivity (Wildman–Crippen MR) is 114 cm³/mol. The third kappa shape index (κ3) is 4.85. The molecular formula is C21H19FN4O4S. The SMILES string of the molecule is COc1cc(NC(=O)CSc2nnc(-c3ccc(F)cc3)o2)ccc1N1CCCC1=O. The van der Waals surface area contributed by atoms with Crippen LogP contribution >= 0.6 is 11.8 Å². The van der Waals surface area contributed by atoms with Crippen LogP contribution < -0.4 is 15.0 Å². The minimum Gasteiger partial charge on any atom is -0.494 e. The zero-order valence-electron chi connectivity index (χ0n) is 16.6. The van der Waals surface area contributed by atoms with E-state index >= 15 is 0 Å². The van der Waals surface area contributed by atoms with Gasteiger partial charge in [0.15, 0.2) is 0 Å². The molecule has 1 aliphatic rings. The minimum atomic E-state index is -0.355. The fourth-order valence-electron chi connectivity index (χ4n) is 3.18. The van der Waals surface area contributed by atoms with E-state index in [2.05, 4.69) is 15.5 Å². The molecule has 1 saturated heterocycles. The number of nitrogens with one attached hydrogen (secondary N) is 1. The molecule has 8 nitrogen and oxygen atoms in total. The summed E-state index contributed by atoms with van der Waals surface area (Å²) in [6.07, 6.45) is 1.34. The van der Waals surface area contributed by atoms with Crippen LogP contribution in [0.3, 0.4) is 0 Å². The Hall–Kier alpha value is -3.40. The number of benzene rings is 2. The molecule has 10 heteroatoms. The van der Waals surface area contributed by atoms with Gasteiger partial charge in [0, 0.05) is 30.3 Å². The lowest BCUT2D eigenvalue weighted by molar-refractivity contribution is -0.117. The standard InChI is InChI=1S/C21H19FN4O4S/c1-29-17-11-15(8-9-16(17)26-10-2-3-19(26)28)23-18(27)12-31-21-25-24-20(30-21)13-4-6-14(22)7-5-13/h4-9,11H,2-3,10,12H2,1H3,(H,23,27). The van der Waals surface area contributed by atoms with Crippen molar-refractivity contribution < 1.29 is 23.1 Å². The number of thioether (sulfide) groups is 1. The summed E-state index contributed by atoms with van der Waals surface area (Å²) in [6.45, 7) is 0.654. The quantitative estimate of drug-likeness (QED) is 0.557. The summed E-state index contributed by atoms with van der Waals surface area (Å²) >= 11 is 1.09. The number of hydrogen-bond donors (Lipinski definition) is 1. The molecule has 0 atom stereocenters. The third-order valence-electron chi connectivity index (χ3n) is 4.65. The number of amides is 2. The van der Waals surface area contributed by atoms with E-state index in [9.17, 15) is 14.0 Å². The van der Waals surface area contributed by atoms with Crippen molar-refractivity contribution in [3.05, 3.63) is 48.3 Å². The van der Waals surface area contributed by atoms with Crippen LogP contribution in [0.4, 0.5) is 15.8 Å². The van der Waals surface area contributed by atoms with Gasteiger partial charge in [0.1, 0.15) is 11.6 Å². The highest BCUT2D eigenvalue weighted by Gasteiger charge is 2.24. The Morgan fingerprint density at radius 2 is 2.06 bits per heavy atom. The van der Waals surface area contributed by atoms with E-state index in [-0.39, 0.29) is 34.5 Å². The zero-order chi connectivity index (χ0) is 21.8. The fraction of sp³-hybridized carbons (Fsp3) is 0.238. The lowest BCUT2D eigenvalue weighted by Gasteiger charge is -2.19. The molecule has 0 unspecified atom stereocenters. The van der Waals surface area contributed by atoms with Gasteiger partial charge in [-0.2, -0.15) is 0 Å². The van der Waals surface area contributed by atoms with Crippen molar-refractivity contribution in [3.8, 4) is 17.2 Å². The Morgan fingerprint density at radius 1 is 1.26 bits per heavy atom. The maximum atomic E-state index is 13.0. The highest BCUT2D eigenvalue weighted by Crippen LogP contribution is 2.34. The van der Waals surface area contributed by atoms with E-state index in [0.29, 0.717) is 35.7 Å². The topological polar surface area (TPSA) is 97.6 Å². The van der Waals surface area contributed by atoms with Gasteiger partial charge in [0.2, 0.25) is 17.7 Å². The van der Waals surface area contributed by atoms with Crippen molar-refractivity contribution >= 4 is 35.0 Å². The van der Waals surface area contributed by atoms with Crippen molar-refractivity contribution in [1.29, 1.82) is 0 Å². The number of hydrogen-bond acceptors (Lipinski definition) is 7. The first-order valence-electron chi connectivity index (χ1n) is 9.54. The molecule has 160 valence electrons. The summed E-state index contributed by atoms with van der Waals surface area (Å²) in [5.74, 6) is 0.261. The van der Waals surface area contributed by atoms with Crippen molar-refractivity contribution in [2.45, 2.75) is 18.1 Å². The Balaban J connectivity index is 1.36. The van der Waals surface area contributed by atoms with Gasteiger partial charge in [-0.25, -0.2) is 4.39 Å². The molecular weight excluding hydrogens is 423 g/mol. The largest absolute Gasteiger partial charge is 0.494 e. The van der Waals surface area contributed by atoms with E-state index in [0.717, 1.165) is 18.2 Å². The average molecular weight is 442 g/mol. The molecule has 2 aromatic carbocycles. The van der Waals surface area contributed by atoms with Crippen LogP contribution in [0.5, 0.6) is 5.75 Å². The van der Waals surface area contributed by atoms with Crippen molar-refractivity contribution in [2.75, 3.05) is 29.6 Å². The maximum absolute atomic E-state index is 13.0. The van der Waals surface area contributed by atoms with Crippen molar-refractivity contribution in [2.24, 2.45) is 0 Å². The van der Waals surface area contributed by atoms with Gasteiger partial charge in [-0.3, -0.25) is 9.59 Å². The maximum Gasteiger partial charge on any atom is 0.277 e. The molecule has 1 aliphatic heterocycles. The number of carbonyl (C=O) groups excluding carboxylic acids is 2. The molecule has 0 saturated carbocycles. The van der Waals surface area contributed by atoms with Gasteiger partial charge in [0.05, 0.1) is 18.6 Å². The van der Waals surface area contributed by atoms with Crippen LogP contribution in [0.15, 0.2) is 52.1 Å². The number of halogens is 1. The molecule has 1 aromatic heterocycles. The Bertz CT molecular complexity index is 1100. The lowest BCUT2D eigenvalue weighted by atomic mass is 10.2. The monoisotopic (exact) mass is 442 g/mol. The van der Waals surface area contributed by atoms with Gasteiger partial charge in [-0.05, 0) is 42.8 Å². The van der Waals surface area contributed by atoms with Crippen LogP contribution in [0.25, 0.3) is 11.5 Å². The first-order valence-corrected chi connectivity index (χ1v) is 10.5. The Labute approximate surface area is 181 Å². The number of ether oxygens (including phenoxy) is 1. The summed E-state index contributed by atoms with van der Waals surface area (Å²) in [7, 11) is 1.52. The minimum absolute atomic E-state index is 0.0553. The second-order valence-electron chi connectivity index (χ2n) is 6.75. The van der Waals surface area contributed by atoms with Gasteiger partial charge in [0.25, 0.3) is 5.22 Å². The molecule has 1 fully saturated rings. The first-order chi connectivity index (χ1) is 15.0. The molecule has 31 heavy (non-hydrogen) atoms. The van der Waals surface area contributed by atoms with Crippen LogP contribution in [0.2, 0.25) is 0 Å². The molecule has 2 amide bonds. The van der Waals surface area contributed by atoms with E-state index in [4.69, 9.17) is 9.15 Å². The molecule has 4 rings (SSSR count). The summed E-state index contributed by atoms with van der Waals surface area (Å²) in [5.41, 5.74) is 1.83. The normalized spacial score (nSPS) is 13.5. The Kier molecular flexibility index (Phi) is 6.17. The van der Waals surface area contributed by atoms with E-state index in [1.165, 1.54) is 31.4 Å². The molecule has 0 aliphatic carbocycles. The van der Waals surface area contributed by atoms with E-state index in [1.54, 1.807) is 23.1 Å². The van der Waals surface area contributed by atoms with Crippen molar-refractivity contribution in [1.82, 2.24) is 10.2 Å². The second-order valence-corrected chi connectivity index (χ2v) is 7.68. The van der Waals surface area contributed by atoms with E-state index in [1.807, 2.05) is 0 Å². The molecule has 2 heterocycles. The number of nitrogens with zero attached hydrogens (tertiary/aromatic N) is 3. The highest BCUT2D eigenvalue weighted by molar-refractivity contribution is 7.99. The van der Waals surface area contributed by atoms with Crippen LogP contribution in [-0.2, 0) is 9.59 Å². The highest BCUT2D eigenvalue weighted by atomic mass is 32.2. The summed E-state index contributed by atoms with van der Waals surface area (Å²) < 4.78 is 23.9. The molecule has 3 aromatic rings. The number of methoxy groups -OCH3 is 1. The lowest BCUT2D eigenvalue weighted by Crippen LogP contribution is -2.24. The van der Waals surface area contributed by atoms with E-state index < -0.39 is 0 Å². The van der Waals surface area contributed by atoms with Gasteiger partial charge >= 0.3 is 0 Å². The number of rotatable bonds is 7. The van der Waals surface area contributed by atoms with Gasteiger partial charge in [-0.1, -0.05) is 11.8 Å². The number of aromatic nitrogens is 2. The molecule has 1 N–H and O–H groups in total. The predicted octanol–water partition coefficient (Wildman–Crippen LogP) is 3.74. The summed E-state index contributed by atoms with van der Waals surface area (Å²) in [5, 5.41) is 10.8. The molecule has 0 radical (unpaired) electrons. The fourth-order valence-corrected chi connectivity index (χ4v) is 3.75. The smallest absolute Gasteiger partial charge is 0.277 e. The van der Waals surface area contributed by atoms with Crippen LogP contribution in [0.1, 0.15) is 12.8 Å². The average Bonchev–Trinajstić information content (AvgIpc) is 3.42. The summed E-state index contributed by atoms with van der Waals surface area (Å²) in [6, 6.07) is 10.9. The number of anilines is 2. The number of carbonyl (C=O) groups is 2. The summed E-state index contributed by atoms with van der Waals surface area (Å²) in [4.78, 5) is 26.0. The molecule has 0 bridgehead atoms. The molecule has 0 spiro atoms. The van der Waals surface area contributed by atoms with Gasteiger partial charge < -0.3 is 19.4 Å². The van der Waals surface area contributed by atoms with Crippen molar-refractivity contribution in [3.63, 3.8) is 0 Å². The zero-order valence-corrected chi connectivity index (χ0v) is 17.4. The Morgan fingerprint density at radius 3 is 2.77 bits per heavy atom. The van der Waals surface area contributed by atoms with Gasteiger partial charge in [-0.15, -0.1) is 10.2 Å². The first kappa shape index (κ1) is 20.9. The second kappa shape index (κ2) is 9.17. The van der Waals surface area contributed by atoms with Crippen LogP contribution in [-0.4, -0.2) is 41.4 Å².